The minimum Gasteiger partial charge on any atom is -0.437 e. The quantitative estimate of drug-likeness (QED) is 0.754. The van der Waals surface area contributed by atoms with Crippen LogP contribution in [0.4, 0.5) is 5.00 Å². The molecule has 0 spiro atoms. The van der Waals surface area contributed by atoms with Crippen molar-refractivity contribution in [1.82, 2.24) is 0 Å². The standard InChI is InChI=1S/C18H15N3O3S/c19-15(22)11-8-9-4-1-2-6-12(9)24-17(11)21-18-14(16(20)23)10-5-3-7-13(10)25-18/h1-2,4,6,8H,3,5,7H2,(H2,19,22)(H2,20,23)/b21-17-. The highest BCUT2D eigenvalue weighted by Gasteiger charge is 2.25. The van der Waals surface area contributed by atoms with Gasteiger partial charge in [0.1, 0.15) is 16.1 Å². The maximum absolute atomic E-state index is 11.9. The molecule has 1 aliphatic rings. The number of hydrogen-bond acceptors (Lipinski definition) is 5. The van der Waals surface area contributed by atoms with Crippen molar-refractivity contribution in [2.75, 3.05) is 0 Å². The number of hydrogen-bond donors (Lipinski definition) is 2. The number of para-hydroxylation sites is 1. The molecule has 0 saturated heterocycles. The second kappa shape index (κ2) is 5.86. The molecular formula is C18H15N3O3S. The molecule has 2 heterocycles. The minimum atomic E-state index is -0.641. The van der Waals surface area contributed by atoms with E-state index in [1.807, 2.05) is 18.2 Å². The van der Waals surface area contributed by atoms with Crippen molar-refractivity contribution in [2.45, 2.75) is 19.3 Å². The lowest BCUT2D eigenvalue weighted by atomic mass is 10.1. The van der Waals surface area contributed by atoms with Gasteiger partial charge in [-0.05, 0) is 37.0 Å². The van der Waals surface area contributed by atoms with Gasteiger partial charge in [-0.25, -0.2) is 4.99 Å². The van der Waals surface area contributed by atoms with Crippen LogP contribution in [0.5, 0.6) is 0 Å². The summed E-state index contributed by atoms with van der Waals surface area (Å²) < 4.78 is 5.78. The topological polar surface area (TPSA) is 112 Å². The third kappa shape index (κ3) is 2.62. The van der Waals surface area contributed by atoms with E-state index in [-0.39, 0.29) is 11.1 Å². The number of carbonyl (C=O) groups excluding carboxylic acids is 2. The fraction of sp³-hybridized carbons (Fsp3) is 0.167. The molecule has 1 aromatic carbocycles. The molecular weight excluding hydrogens is 338 g/mol. The van der Waals surface area contributed by atoms with Gasteiger partial charge in [-0.2, -0.15) is 0 Å². The van der Waals surface area contributed by atoms with Crippen molar-refractivity contribution in [1.29, 1.82) is 0 Å². The number of primary amides is 2. The maximum Gasteiger partial charge on any atom is 0.254 e. The van der Waals surface area contributed by atoms with Gasteiger partial charge in [-0.1, -0.05) is 18.2 Å². The number of benzene rings is 1. The lowest BCUT2D eigenvalue weighted by Gasteiger charge is -2.02. The zero-order valence-corrected chi connectivity index (χ0v) is 14.1. The summed E-state index contributed by atoms with van der Waals surface area (Å²) >= 11 is 1.42. The molecule has 0 atom stereocenters. The van der Waals surface area contributed by atoms with Crippen molar-refractivity contribution in [3.63, 3.8) is 0 Å². The molecule has 126 valence electrons. The van der Waals surface area contributed by atoms with Gasteiger partial charge in [0.25, 0.3) is 11.8 Å². The van der Waals surface area contributed by atoms with Crippen molar-refractivity contribution >= 4 is 39.1 Å². The molecule has 2 aromatic heterocycles. The van der Waals surface area contributed by atoms with Crippen molar-refractivity contribution in [2.24, 2.45) is 16.5 Å². The van der Waals surface area contributed by atoms with Crippen LogP contribution in [0, 0.1) is 0 Å². The van der Waals surface area contributed by atoms with Crippen LogP contribution in [0.1, 0.15) is 37.6 Å². The molecule has 3 aromatic rings. The molecule has 6 nitrogen and oxygen atoms in total. The Hall–Kier alpha value is -2.93. The second-order valence-electron chi connectivity index (χ2n) is 5.88. The molecule has 4 N–H and O–H groups in total. The molecule has 0 fully saturated rings. The Balaban J connectivity index is 2.00. The molecule has 0 bridgehead atoms. The van der Waals surface area contributed by atoms with Gasteiger partial charge in [0.05, 0.1) is 5.56 Å². The Morgan fingerprint density at radius 1 is 1.12 bits per heavy atom. The van der Waals surface area contributed by atoms with Crippen LogP contribution in [-0.4, -0.2) is 11.8 Å². The third-order valence-corrected chi connectivity index (χ3v) is 5.46. The van der Waals surface area contributed by atoms with E-state index in [1.165, 1.54) is 11.3 Å². The van der Waals surface area contributed by atoms with Crippen molar-refractivity contribution < 1.29 is 14.0 Å². The zero-order valence-electron chi connectivity index (χ0n) is 13.2. The molecule has 0 unspecified atom stereocenters. The predicted molar refractivity (Wildman–Crippen MR) is 94.8 cm³/mol. The Labute approximate surface area is 146 Å². The number of rotatable bonds is 3. The Kier molecular flexibility index (Phi) is 3.65. The lowest BCUT2D eigenvalue weighted by Crippen LogP contribution is -2.22. The molecule has 0 radical (unpaired) electrons. The van der Waals surface area contributed by atoms with Crippen LogP contribution in [0.2, 0.25) is 0 Å². The van der Waals surface area contributed by atoms with Crippen LogP contribution in [0.3, 0.4) is 0 Å². The molecule has 4 rings (SSSR count). The summed E-state index contributed by atoms with van der Waals surface area (Å²) in [5.74, 6) is -1.16. The summed E-state index contributed by atoms with van der Waals surface area (Å²) in [5, 5.41) is 1.22. The van der Waals surface area contributed by atoms with E-state index >= 15 is 0 Å². The van der Waals surface area contributed by atoms with Gasteiger partial charge in [0, 0.05) is 10.3 Å². The highest BCUT2D eigenvalue weighted by Crippen LogP contribution is 2.40. The van der Waals surface area contributed by atoms with Gasteiger partial charge >= 0.3 is 0 Å². The third-order valence-electron chi connectivity index (χ3n) is 4.27. The molecule has 25 heavy (non-hydrogen) atoms. The number of amides is 2. The van der Waals surface area contributed by atoms with E-state index in [0.29, 0.717) is 16.1 Å². The maximum atomic E-state index is 11.9. The average Bonchev–Trinajstić information content (AvgIpc) is 3.14. The van der Waals surface area contributed by atoms with Gasteiger partial charge < -0.3 is 15.9 Å². The average molecular weight is 353 g/mol. The Morgan fingerprint density at radius 2 is 1.92 bits per heavy atom. The predicted octanol–water partition coefficient (Wildman–Crippen LogP) is 2.41. The van der Waals surface area contributed by atoms with Crippen molar-refractivity contribution in [3.05, 3.63) is 57.5 Å². The Morgan fingerprint density at radius 3 is 2.68 bits per heavy atom. The van der Waals surface area contributed by atoms with Crippen LogP contribution < -0.4 is 17.0 Å². The summed E-state index contributed by atoms with van der Waals surface area (Å²) in [6.07, 6.45) is 2.74. The molecule has 0 saturated carbocycles. The first-order chi connectivity index (χ1) is 12.0. The molecule has 7 heteroatoms. The van der Waals surface area contributed by atoms with E-state index < -0.39 is 11.8 Å². The van der Waals surface area contributed by atoms with Crippen LogP contribution >= 0.6 is 11.3 Å². The summed E-state index contributed by atoms with van der Waals surface area (Å²) in [6.45, 7) is 0. The number of carbonyl (C=O) groups is 2. The Bertz CT molecular complexity index is 1090. The summed E-state index contributed by atoms with van der Waals surface area (Å²) in [6, 6.07) is 8.92. The number of aryl methyl sites for hydroxylation is 1. The van der Waals surface area contributed by atoms with Gasteiger partial charge in [0.15, 0.2) is 0 Å². The van der Waals surface area contributed by atoms with Crippen molar-refractivity contribution in [3.8, 4) is 0 Å². The SMILES string of the molecule is NC(=O)c1c(/N=c2\oc3ccccc3cc2C(N)=O)sc2c1CCC2. The van der Waals surface area contributed by atoms with Gasteiger partial charge in [0.2, 0.25) is 5.55 Å². The first-order valence-corrected chi connectivity index (χ1v) is 8.68. The van der Waals surface area contributed by atoms with Crippen LogP contribution in [-0.2, 0) is 12.8 Å². The minimum absolute atomic E-state index is 0.0913. The highest BCUT2D eigenvalue weighted by molar-refractivity contribution is 7.16. The first kappa shape index (κ1) is 15.6. The lowest BCUT2D eigenvalue weighted by molar-refractivity contribution is 0.0990. The summed E-state index contributed by atoms with van der Waals surface area (Å²) in [5.41, 5.74) is 13.3. The normalized spacial score (nSPS) is 14.0. The zero-order chi connectivity index (χ0) is 17.6. The first-order valence-electron chi connectivity index (χ1n) is 7.86. The van der Waals surface area contributed by atoms with Gasteiger partial charge in [-0.3, -0.25) is 9.59 Å². The fourth-order valence-corrected chi connectivity index (χ4v) is 4.41. The van der Waals surface area contributed by atoms with E-state index in [0.717, 1.165) is 35.1 Å². The van der Waals surface area contributed by atoms with Gasteiger partial charge in [-0.15, -0.1) is 11.3 Å². The van der Waals surface area contributed by atoms with E-state index in [2.05, 4.69) is 4.99 Å². The molecule has 1 aliphatic carbocycles. The summed E-state index contributed by atoms with van der Waals surface area (Å²) in [4.78, 5) is 29.3. The van der Waals surface area contributed by atoms with Crippen LogP contribution in [0.25, 0.3) is 11.0 Å². The molecule has 2 amide bonds. The second-order valence-corrected chi connectivity index (χ2v) is 6.96. The molecule has 0 aliphatic heterocycles. The number of fused-ring (bicyclic) bond motifs is 2. The fourth-order valence-electron chi connectivity index (χ4n) is 3.14. The highest BCUT2D eigenvalue weighted by atomic mass is 32.1. The van der Waals surface area contributed by atoms with E-state index in [9.17, 15) is 9.59 Å². The monoisotopic (exact) mass is 353 g/mol. The van der Waals surface area contributed by atoms with E-state index in [1.54, 1.807) is 12.1 Å². The number of nitrogens with zero attached hydrogens (tertiary/aromatic N) is 1. The van der Waals surface area contributed by atoms with E-state index in [4.69, 9.17) is 15.9 Å². The number of nitrogens with two attached hydrogens (primary N) is 2. The smallest absolute Gasteiger partial charge is 0.254 e. The largest absolute Gasteiger partial charge is 0.437 e. The van der Waals surface area contributed by atoms with Crippen LogP contribution in [0.15, 0.2) is 39.7 Å². The number of thiophene rings is 1. The summed E-state index contributed by atoms with van der Waals surface area (Å²) in [7, 11) is 0.